The first kappa shape index (κ1) is 14.9. The zero-order chi connectivity index (χ0) is 15.4. The monoisotopic (exact) mass is 288 g/mol. The third kappa shape index (κ3) is 2.99. The molecule has 2 rings (SSSR count). The highest BCUT2D eigenvalue weighted by molar-refractivity contribution is 6.05. The van der Waals surface area contributed by atoms with Crippen molar-refractivity contribution >= 4 is 22.4 Å². The number of aromatic nitrogens is 1. The van der Waals surface area contributed by atoms with Crippen LogP contribution in [0.15, 0.2) is 24.4 Å². The summed E-state index contributed by atoms with van der Waals surface area (Å²) in [6.07, 6.45) is 4.13. The van der Waals surface area contributed by atoms with Gasteiger partial charge in [0.25, 0.3) is 5.69 Å². The van der Waals surface area contributed by atoms with Crippen molar-refractivity contribution in [2.45, 2.75) is 26.2 Å². The van der Waals surface area contributed by atoms with E-state index in [0.717, 1.165) is 12.8 Å². The van der Waals surface area contributed by atoms with Crippen LogP contribution < -0.4 is 0 Å². The predicted molar refractivity (Wildman–Crippen MR) is 78.3 cm³/mol. The zero-order valence-corrected chi connectivity index (χ0v) is 12.0. The molecule has 0 atom stereocenters. The van der Waals surface area contributed by atoms with Crippen LogP contribution in [0.3, 0.4) is 0 Å². The molecule has 110 valence electrons. The van der Waals surface area contributed by atoms with E-state index in [4.69, 9.17) is 4.74 Å². The number of unbranched alkanes of at least 4 members (excludes halogenated alkanes) is 1. The summed E-state index contributed by atoms with van der Waals surface area (Å²) in [5.41, 5.74) is 0.893. The van der Waals surface area contributed by atoms with Crippen molar-refractivity contribution < 1.29 is 14.5 Å². The minimum atomic E-state index is -0.514. The number of pyridine rings is 1. The molecule has 0 radical (unpaired) electrons. The van der Waals surface area contributed by atoms with Crippen molar-refractivity contribution in [2.75, 3.05) is 7.11 Å². The number of benzene rings is 1. The number of esters is 1. The lowest BCUT2D eigenvalue weighted by molar-refractivity contribution is -0.384. The van der Waals surface area contributed by atoms with Crippen molar-refractivity contribution in [3.63, 3.8) is 0 Å². The van der Waals surface area contributed by atoms with Crippen LogP contribution in [0, 0.1) is 10.1 Å². The van der Waals surface area contributed by atoms with Gasteiger partial charge in [-0.05, 0) is 18.9 Å². The Labute approximate surface area is 121 Å². The van der Waals surface area contributed by atoms with Gasteiger partial charge in [0, 0.05) is 29.1 Å². The number of methoxy groups -OCH3 is 1. The van der Waals surface area contributed by atoms with Crippen LogP contribution in [0.25, 0.3) is 10.8 Å². The number of hydrogen-bond donors (Lipinski definition) is 0. The van der Waals surface area contributed by atoms with E-state index in [1.807, 2.05) is 6.92 Å². The minimum Gasteiger partial charge on any atom is -0.465 e. The highest BCUT2D eigenvalue weighted by Crippen LogP contribution is 2.26. The topological polar surface area (TPSA) is 82.3 Å². The lowest BCUT2D eigenvalue weighted by Gasteiger charge is -2.10. The molecule has 0 unspecified atom stereocenters. The van der Waals surface area contributed by atoms with Crippen molar-refractivity contribution in [3.05, 3.63) is 45.8 Å². The molecule has 0 spiro atoms. The Kier molecular flexibility index (Phi) is 4.47. The first-order valence-corrected chi connectivity index (χ1v) is 6.72. The third-order valence-corrected chi connectivity index (χ3v) is 3.32. The molecule has 0 saturated carbocycles. The second-order valence-electron chi connectivity index (χ2n) is 4.70. The van der Waals surface area contributed by atoms with E-state index in [1.165, 1.54) is 19.2 Å². The number of carbonyl (C=O) groups is 1. The molecule has 1 heterocycles. The summed E-state index contributed by atoms with van der Waals surface area (Å²) >= 11 is 0. The fourth-order valence-corrected chi connectivity index (χ4v) is 2.22. The normalized spacial score (nSPS) is 10.6. The van der Waals surface area contributed by atoms with Gasteiger partial charge in [0.2, 0.25) is 0 Å². The molecule has 0 saturated heterocycles. The van der Waals surface area contributed by atoms with E-state index >= 15 is 0 Å². The van der Waals surface area contributed by atoms with Crippen molar-refractivity contribution in [2.24, 2.45) is 0 Å². The molecule has 0 fully saturated rings. The van der Waals surface area contributed by atoms with E-state index in [1.54, 1.807) is 12.3 Å². The molecule has 2 aromatic rings. The van der Waals surface area contributed by atoms with Crippen molar-refractivity contribution in [1.82, 2.24) is 4.98 Å². The Morgan fingerprint density at radius 1 is 1.43 bits per heavy atom. The van der Waals surface area contributed by atoms with Gasteiger partial charge < -0.3 is 4.74 Å². The van der Waals surface area contributed by atoms with Crippen LogP contribution in [-0.2, 0) is 11.2 Å². The van der Waals surface area contributed by atoms with Gasteiger partial charge in [-0.3, -0.25) is 15.1 Å². The van der Waals surface area contributed by atoms with Crippen LogP contribution >= 0.6 is 0 Å². The second-order valence-corrected chi connectivity index (χ2v) is 4.70. The molecule has 0 amide bonds. The van der Waals surface area contributed by atoms with Crippen LogP contribution in [0.2, 0.25) is 0 Å². The number of nitro groups is 1. The number of fused-ring (bicyclic) bond motifs is 1. The summed E-state index contributed by atoms with van der Waals surface area (Å²) in [5, 5.41) is 12.1. The van der Waals surface area contributed by atoms with E-state index in [2.05, 4.69) is 4.98 Å². The molecule has 0 aliphatic rings. The SMILES string of the molecule is CCCCc1ncc2ccc([N+](=O)[O-])cc2c1C(=O)OC. The van der Waals surface area contributed by atoms with E-state index in [-0.39, 0.29) is 5.69 Å². The molecular formula is C15H16N2O4. The van der Waals surface area contributed by atoms with Crippen LogP contribution in [0.5, 0.6) is 0 Å². The first-order chi connectivity index (χ1) is 10.1. The Morgan fingerprint density at radius 3 is 2.81 bits per heavy atom. The molecule has 21 heavy (non-hydrogen) atoms. The van der Waals surface area contributed by atoms with Crippen LogP contribution in [0.4, 0.5) is 5.69 Å². The molecule has 6 nitrogen and oxygen atoms in total. The Bertz CT molecular complexity index is 697. The van der Waals surface area contributed by atoms with Gasteiger partial charge in [0.05, 0.1) is 23.3 Å². The number of nitrogens with zero attached hydrogens (tertiary/aromatic N) is 2. The van der Waals surface area contributed by atoms with Gasteiger partial charge in [-0.25, -0.2) is 4.79 Å². The van der Waals surface area contributed by atoms with Gasteiger partial charge in [0.15, 0.2) is 0 Å². The van der Waals surface area contributed by atoms with Gasteiger partial charge in [0.1, 0.15) is 0 Å². The molecule has 1 aromatic heterocycles. The summed E-state index contributed by atoms with van der Waals surface area (Å²) in [7, 11) is 1.29. The fraction of sp³-hybridized carbons (Fsp3) is 0.333. The Balaban J connectivity index is 2.68. The van der Waals surface area contributed by atoms with Gasteiger partial charge in [-0.1, -0.05) is 13.3 Å². The van der Waals surface area contributed by atoms with E-state index < -0.39 is 10.9 Å². The van der Waals surface area contributed by atoms with Gasteiger partial charge in [-0.2, -0.15) is 0 Å². The average molecular weight is 288 g/mol. The summed E-state index contributed by atoms with van der Waals surface area (Å²) in [4.78, 5) is 26.8. The summed E-state index contributed by atoms with van der Waals surface area (Å²) in [6, 6.07) is 4.39. The van der Waals surface area contributed by atoms with Gasteiger partial charge >= 0.3 is 5.97 Å². The molecule has 1 aromatic carbocycles. The van der Waals surface area contributed by atoms with Crippen LogP contribution in [-0.4, -0.2) is 23.0 Å². The Hall–Kier alpha value is -2.50. The number of rotatable bonds is 5. The summed E-state index contributed by atoms with van der Waals surface area (Å²) in [5.74, 6) is -0.514. The van der Waals surface area contributed by atoms with Crippen molar-refractivity contribution in [3.8, 4) is 0 Å². The molecular weight excluding hydrogens is 272 g/mol. The highest BCUT2D eigenvalue weighted by Gasteiger charge is 2.19. The smallest absolute Gasteiger partial charge is 0.340 e. The Morgan fingerprint density at radius 2 is 2.19 bits per heavy atom. The van der Waals surface area contributed by atoms with E-state index in [0.29, 0.717) is 28.5 Å². The second kappa shape index (κ2) is 6.30. The number of hydrogen-bond acceptors (Lipinski definition) is 5. The number of aryl methyl sites for hydroxylation is 1. The lowest BCUT2D eigenvalue weighted by Crippen LogP contribution is -2.09. The number of ether oxygens (including phenoxy) is 1. The van der Waals surface area contributed by atoms with Gasteiger partial charge in [-0.15, -0.1) is 0 Å². The maximum Gasteiger partial charge on any atom is 0.340 e. The molecule has 0 bridgehead atoms. The maximum absolute atomic E-state index is 12.1. The quantitative estimate of drug-likeness (QED) is 0.479. The van der Waals surface area contributed by atoms with E-state index in [9.17, 15) is 14.9 Å². The predicted octanol–water partition coefficient (Wildman–Crippen LogP) is 3.27. The molecule has 6 heteroatoms. The van der Waals surface area contributed by atoms with Crippen molar-refractivity contribution in [1.29, 1.82) is 0 Å². The summed E-state index contributed by atoms with van der Waals surface area (Å²) in [6.45, 7) is 2.05. The summed E-state index contributed by atoms with van der Waals surface area (Å²) < 4.78 is 4.82. The minimum absolute atomic E-state index is 0.0553. The zero-order valence-electron chi connectivity index (χ0n) is 12.0. The molecule has 0 aliphatic heterocycles. The standard InChI is InChI=1S/C15H16N2O4/c1-3-4-5-13-14(15(18)21-2)12-8-11(17(19)20)7-6-10(12)9-16-13/h6-9H,3-5H2,1-2H3. The average Bonchev–Trinajstić information content (AvgIpc) is 2.50. The number of carbonyl (C=O) groups excluding carboxylic acids is 1. The highest BCUT2D eigenvalue weighted by atomic mass is 16.6. The lowest BCUT2D eigenvalue weighted by atomic mass is 10.0. The maximum atomic E-state index is 12.1. The number of nitro benzene ring substituents is 1. The van der Waals surface area contributed by atoms with Crippen LogP contribution in [0.1, 0.15) is 35.8 Å². The third-order valence-electron chi connectivity index (χ3n) is 3.32. The largest absolute Gasteiger partial charge is 0.465 e. The first-order valence-electron chi connectivity index (χ1n) is 6.72. The fourth-order valence-electron chi connectivity index (χ4n) is 2.22. The molecule has 0 aliphatic carbocycles. The number of non-ortho nitro benzene ring substituents is 1. The molecule has 0 N–H and O–H groups in total.